The Morgan fingerprint density at radius 1 is 1.28 bits per heavy atom. The Balaban J connectivity index is 1.30. The van der Waals surface area contributed by atoms with Gasteiger partial charge in [0.2, 0.25) is 5.91 Å². The van der Waals surface area contributed by atoms with Gasteiger partial charge in [0.15, 0.2) is 0 Å². The minimum Gasteiger partial charge on any atom is -0.497 e. The summed E-state index contributed by atoms with van der Waals surface area (Å²) in [7, 11) is 1.67. The van der Waals surface area contributed by atoms with Crippen LogP contribution in [0.25, 0.3) is 10.6 Å². The van der Waals surface area contributed by atoms with E-state index in [0.717, 1.165) is 52.8 Å². The van der Waals surface area contributed by atoms with Crippen LogP contribution in [0.5, 0.6) is 11.5 Å². The molecule has 168 valence electrons. The molecule has 3 aromatic rings. The van der Waals surface area contributed by atoms with E-state index in [4.69, 9.17) is 9.47 Å². The molecule has 0 radical (unpaired) electrons. The first-order valence-electron chi connectivity index (χ1n) is 11.0. The molecule has 2 aromatic carbocycles. The molecule has 0 unspecified atom stereocenters. The van der Waals surface area contributed by atoms with Crippen LogP contribution in [0.3, 0.4) is 0 Å². The SMILES string of the molecule is CC[C@H]1CN(CCC(=O)NCc2csc(-c3ccccc3)n2)Cc2cc(OC)ccc2O1. The maximum Gasteiger partial charge on any atom is 0.221 e. The van der Waals surface area contributed by atoms with E-state index >= 15 is 0 Å². The molecule has 7 heteroatoms. The van der Waals surface area contributed by atoms with E-state index in [0.29, 0.717) is 19.5 Å². The summed E-state index contributed by atoms with van der Waals surface area (Å²) in [5, 5.41) is 5.99. The lowest BCUT2D eigenvalue weighted by molar-refractivity contribution is -0.121. The Kier molecular flexibility index (Phi) is 7.39. The third-order valence-electron chi connectivity index (χ3n) is 5.57. The highest BCUT2D eigenvalue weighted by Crippen LogP contribution is 2.29. The number of thiazole rings is 1. The van der Waals surface area contributed by atoms with Crippen LogP contribution >= 0.6 is 11.3 Å². The highest BCUT2D eigenvalue weighted by molar-refractivity contribution is 7.13. The summed E-state index contributed by atoms with van der Waals surface area (Å²) in [5.74, 6) is 1.75. The summed E-state index contributed by atoms with van der Waals surface area (Å²) in [6.45, 7) is 4.79. The number of rotatable bonds is 8. The molecule has 0 spiro atoms. The van der Waals surface area contributed by atoms with Gasteiger partial charge in [-0.1, -0.05) is 37.3 Å². The summed E-state index contributed by atoms with van der Waals surface area (Å²) in [5.41, 5.74) is 3.08. The predicted octanol–water partition coefficient (Wildman–Crippen LogP) is 4.50. The number of fused-ring (bicyclic) bond motifs is 1. The van der Waals surface area contributed by atoms with Gasteiger partial charge in [-0.05, 0) is 24.6 Å². The van der Waals surface area contributed by atoms with Gasteiger partial charge < -0.3 is 14.8 Å². The van der Waals surface area contributed by atoms with Gasteiger partial charge in [-0.15, -0.1) is 11.3 Å². The fourth-order valence-corrected chi connectivity index (χ4v) is 4.58. The fraction of sp³-hybridized carbons (Fsp3) is 0.360. The molecule has 0 aliphatic carbocycles. The van der Waals surface area contributed by atoms with Crippen molar-refractivity contribution in [3.8, 4) is 22.1 Å². The Morgan fingerprint density at radius 3 is 2.91 bits per heavy atom. The van der Waals surface area contributed by atoms with Crippen LogP contribution in [0.2, 0.25) is 0 Å². The van der Waals surface area contributed by atoms with Gasteiger partial charge in [-0.2, -0.15) is 0 Å². The van der Waals surface area contributed by atoms with Crippen molar-refractivity contribution in [3.05, 3.63) is 65.2 Å². The predicted molar refractivity (Wildman–Crippen MR) is 127 cm³/mol. The topological polar surface area (TPSA) is 63.7 Å². The molecule has 32 heavy (non-hydrogen) atoms. The Morgan fingerprint density at radius 2 is 2.12 bits per heavy atom. The zero-order valence-electron chi connectivity index (χ0n) is 18.5. The Bertz CT molecular complexity index is 1040. The number of nitrogens with one attached hydrogen (secondary N) is 1. The number of hydrogen-bond donors (Lipinski definition) is 1. The zero-order valence-corrected chi connectivity index (χ0v) is 19.4. The van der Waals surface area contributed by atoms with Crippen molar-refractivity contribution in [2.45, 2.75) is 39.0 Å². The van der Waals surface area contributed by atoms with Crippen molar-refractivity contribution >= 4 is 17.2 Å². The lowest BCUT2D eigenvalue weighted by Gasteiger charge is -2.22. The smallest absolute Gasteiger partial charge is 0.221 e. The minimum atomic E-state index is 0.0309. The van der Waals surface area contributed by atoms with Gasteiger partial charge in [0.25, 0.3) is 0 Å². The van der Waals surface area contributed by atoms with E-state index in [1.165, 1.54) is 0 Å². The van der Waals surface area contributed by atoms with Crippen LogP contribution in [0.1, 0.15) is 31.0 Å². The lowest BCUT2D eigenvalue weighted by Crippen LogP contribution is -2.35. The number of ether oxygens (including phenoxy) is 2. The van der Waals surface area contributed by atoms with E-state index in [2.05, 4.69) is 22.1 Å². The normalized spacial score (nSPS) is 16.0. The van der Waals surface area contributed by atoms with Crippen molar-refractivity contribution in [2.75, 3.05) is 20.2 Å². The summed E-state index contributed by atoms with van der Waals surface area (Å²) >= 11 is 1.60. The number of nitrogens with zero attached hydrogens (tertiary/aromatic N) is 2. The second-order valence-corrected chi connectivity index (χ2v) is 8.75. The molecule has 1 aliphatic rings. The third-order valence-corrected chi connectivity index (χ3v) is 6.51. The average Bonchev–Trinajstić information content (AvgIpc) is 3.23. The molecule has 1 atom stereocenters. The highest BCUT2D eigenvalue weighted by Gasteiger charge is 2.22. The number of carbonyl (C=O) groups excluding carboxylic acids is 1. The van der Waals surface area contributed by atoms with Gasteiger partial charge in [0, 0.05) is 42.6 Å². The molecule has 0 fully saturated rings. The molecule has 1 amide bonds. The van der Waals surface area contributed by atoms with Crippen LogP contribution in [0, 0.1) is 0 Å². The van der Waals surface area contributed by atoms with Gasteiger partial charge in [0.05, 0.1) is 19.3 Å². The summed E-state index contributed by atoms with van der Waals surface area (Å²) in [6, 6.07) is 16.0. The lowest BCUT2D eigenvalue weighted by atomic mass is 10.1. The van der Waals surface area contributed by atoms with Crippen molar-refractivity contribution in [1.29, 1.82) is 0 Å². The van der Waals surface area contributed by atoms with Crippen LogP contribution in [0.4, 0.5) is 0 Å². The van der Waals surface area contributed by atoms with Crippen molar-refractivity contribution in [3.63, 3.8) is 0 Å². The number of methoxy groups -OCH3 is 1. The molecule has 0 saturated carbocycles. The molecule has 6 nitrogen and oxygen atoms in total. The first-order valence-corrected chi connectivity index (χ1v) is 11.8. The molecule has 1 aliphatic heterocycles. The monoisotopic (exact) mass is 451 g/mol. The third kappa shape index (κ3) is 5.66. The summed E-state index contributed by atoms with van der Waals surface area (Å²) < 4.78 is 11.6. The molecule has 2 heterocycles. The standard InChI is InChI=1S/C25H29N3O3S/c1-3-21-16-28(15-19-13-22(30-2)9-10-23(19)31-21)12-11-24(29)26-14-20-17-32-25(27-20)18-7-5-4-6-8-18/h4-10,13,17,21H,3,11-12,14-16H2,1-2H3,(H,26,29)/t21-/m0/s1. The molecule has 1 aromatic heterocycles. The maximum atomic E-state index is 12.5. The van der Waals surface area contributed by atoms with Crippen LogP contribution in [0.15, 0.2) is 53.9 Å². The fourth-order valence-electron chi connectivity index (χ4n) is 3.75. The van der Waals surface area contributed by atoms with E-state index in [1.807, 2.05) is 53.9 Å². The molecule has 1 N–H and O–H groups in total. The summed E-state index contributed by atoms with van der Waals surface area (Å²) in [4.78, 5) is 19.4. The van der Waals surface area contributed by atoms with E-state index in [1.54, 1.807) is 18.4 Å². The van der Waals surface area contributed by atoms with Crippen LogP contribution < -0.4 is 14.8 Å². The molecule has 0 bridgehead atoms. The average molecular weight is 452 g/mol. The Labute approximate surface area is 193 Å². The van der Waals surface area contributed by atoms with Gasteiger partial charge in [0.1, 0.15) is 22.6 Å². The van der Waals surface area contributed by atoms with E-state index in [-0.39, 0.29) is 12.0 Å². The van der Waals surface area contributed by atoms with Crippen molar-refractivity contribution in [2.24, 2.45) is 0 Å². The van der Waals surface area contributed by atoms with Crippen molar-refractivity contribution in [1.82, 2.24) is 15.2 Å². The number of aromatic nitrogens is 1. The van der Waals surface area contributed by atoms with Gasteiger partial charge >= 0.3 is 0 Å². The zero-order chi connectivity index (χ0) is 22.3. The first kappa shape index (κ1) is 22.3. The Hall–Kier alpha value is -2.90. The molecule has 0 saturated heterocycles. The molecule has 4 rings (SSSR count). The molecular formula is C25H29N3O3S. The summed E-state index contributed by atoms with van der Waals surface area (Å²) in [6.07, 6.45) is 1.46. The van der Waals surface area contributed by atoms with Crippen LogP contribution in [-0.4, -0.2) is 42.1 Å². The molecular weight excluding hydrogens is 422 g/mol. The van der Waals surface area contributed by atoms with Crippen molar-refractivity contribution < 1.29 is 14.3 Å². The highest BCUT2D eigenvalue weighted by atomic mass is 32.1. The number of carbonyl (C=O) groups is 1. The first-order chi connectivity index (χ1) is 15.6. The number of hydrogen-bond acceptors (Lipinski definition) is 6. The van der Waals surface area contributed by atoms with E-state index < -0.39 is 0 Å². The largest absolute Gasteiger partial charge is 0.497 e. The quantitative estimate of drug-likeness (QED) is 0.546. The second-order valence-electron chi connectivity index (χ2n) is 7.89. The van der Waals surface area contributed by atoms with Gasteiger partial charge in [-0.3, -0.25) is 9.69 Å². The minimum absolute atomic E-state index is 0.0309. The van der Waals surface area contributed by atoms with Crippen LogP contribution in [-0.2, 0) is 17.9 Å². The number of amides is 1. The maximum absolute atomic E-state index is 12.5. The van der Waals surface area contributed by atoms with E-state index in [9.17, 15) is 4.79 Å². The number of benzene rings is 2. The second kappa shape index (κ2) is 10.6. The van der Waals surface area contributed by atoms with Gasteiger partial charge in [-0.25, -0.2) is 4.98 Å².